The molecule has 2 rings (SSSR count). The molecule has 0 aromatic carbocycles. The van der Waals surface area contributed by atoms with Crippen LogP contribution in [0.2, 0.25) is 5.22 Å². The molecular formula is C16H19ClN4O3. The maximum absolute atomic E-state index is 12.1. The number of hydrogen-bond donors (Lipinski definition) is 1. The Hall–Kier alpha value is -2.41. The van der Waals surface area contributed by atoms with E-state index in [-0.39, 0.29) is 30.0 Å². The largest absolute Gasteiger partial charge is 0.344 e. The van der Waals surface area contributed by atoms with Gasteiger partial charge < -0.3 is 14.7 Å². The van der Waals surface area contributed by atoms with Crippen LogP contribution in [0.5, 0.6) is 0 Å². The molecule has 2 heterocycles. The minimum Gasteiger partial charge on any atom is -0.344 e. The summed E-state index contributed by atoms with van der Waals surface area (Å²) in [5, 5.41) is 6.60. The smallest absolute Gasteiger partial charge is 0.245 e. The van der Waals surface area contributed by atoms with Crippen molar-refractivity contribution in [3.8, 4) is 0 Å². The Morgan fingerprint density at radius 2 is 2.12 bits per heavy atom. The lowest BCUT2D eigenvalue weighted by Gasteiger charge is -2.16. The third-order valence-electron chi connectivity index (χ3n) is 3.52. The second-order valence-electron chi connectivity index (χ2n) is 5.54. The molecule has 0 fully saturated rings. The number of aryl methyl sites for hydroxylation is 2. The van der Waals surface area contributed by atoms with Crippen LogP contribution >= 0.6 is 11.6 Å². The van der Waals surface area contributed by atoms with Crippen LogP contribution in [0, 0.1) is 13.8 Å². The van der Waals surface area contributed by atoms with Gasteiger partial charge in [0.1, 0.15) is 5.82 Å². The van der Waals surface area contributed by atoms with E-state index < -0.39 is 0 Å². The molecule has 0 aliphatic heterocycles. The van der Waals surface area contributed by atoms with Crippen molar-refractivity contribution in [3.63, 3.8) is 0 Å². The molecule has 0 bridgehead atoms. The zero-order valence-corrected chi connectivity index (χ0v) is 14.6. The van der Waals surface area contributed by atoms with Gasteiger partial charge in [-0.15, -0.1) is 0 Å². The van der Waals surface area contributed by atoms with Crippen LogP contribution < -0.4 is 5.32 Å². The number of nitrogens with one attached hydrogen (secondary N) is 1. The fourth-order valence-electron chi connectivity index (χ4n) is 2.15. The van der Waals surface area contributed by atoms with Gasteiger partial charge >= 0.3 is 0 Å². The van der Waals surface area contributed by atoms with E-state index in [4.69, 9.17) is 16.1 Å². The third-order valence-corrected chi connectivity index (χ3v) is 3.81. The molecule has 1 N–H and O–H groups in total. The summed E-state index contributed by atoms with van der Waals surface area (Å²) in [6.45, 7) is 3.62. The Morgan fingerprint density at radius 3 is 2.75 bits per heavy atom. The van der Waals surface area contributed by atoms with E-state index in [2.05, 4.69) is 15.5 Å². The van der Waals surface area contributed by atoms with Gasteiger partial charge in [0.2, 0.25) is 17.0 Å². The Morgan fingerprint density at radius 1 is 1.38 bits per heavy atom. The molecule has 0 radical (unpaired) electrons. The number of carbonyl (C=O) groups is 2. The summed E-state index contributed by atoms with van der Waals surface area (Å²) >= 11 is 5.87. The number of halogens is 1. The monoisotopic (exact) mass is 350 g/mol. The number of nitrogens with zero attached hydrogens (tertiary/aromatic N) is 3. The molecule has 24 heavy (non-hydrogen) atoms. The minimum absolute atomic E-state index is 0.0508. The van der Waals surface area contributed by atoms with Crippen molar-refractivity contribution < 1.29 is 14.1 Å². The van der Waals surface area contributed by atoms with Gasteiger partial charge in [-0.2, -0.15) is 0 Å². The maximum atomic E-state index is 12.1. The first-order valence-electron chi connectivity index (χ1n) is 7.44. The van der Waals surface area contributed by atoms with E-state index in [1.165, 1.54) is 4.90 Å². The molecule has 8 heteroatoms. The fraction of sp³-hybridized carbons (Fsp3) is 0.375. The molecule has 0 aliphatic rings. The lowest BCUT2D eigenvalue weighted by atomic mass is 10.1. The quantitative estimate of drug-likeness (QED) is 0.864. The molecule has 0 saturated carbocycles. The van der Waals surface area contributed by atoms with Crippen molar-refractivity contribution in [1.82, 2.24) is 15.0 Å². The number of pyridine rings is 1. The molecule has 0 unspecified atom stereocenters. The number of likely N-dealkylation sites (N-methyl/N-ethyl adjacent to an activating group) is 1. The Labute approximate surface area is 145 Å². The molecule has 2 aromatic heterocycles. The maximum Gasteiger partial charge on any atom is 0.245 e. The van der Waals surface area contributed by atoms with Crippen molar-refractivity contribution in [3.05, 3.63) is 40.4 Å². The normalized spacial score (nSPS) is 10.5. The molecule has 0 aliphatic carbocycles. The highest BCUT2D eigenvalue weighted by Crippen LogP contribution is 2.20. The van der Waals surface area contributed by atoms with E-state index in [1.807, 2.05) is 13.0 Å². The molecule has 0 saturated heterocycles. The molecule has 7 nitrogen and oxygen atoms in total. The summed E-state index contributed by atoms with van der Waals surface area (Å²) in [6.07, 6.45) is 2.25. The summed E-state index contributed by atoms with van der Waals surface area (Å²) in [5.74, 6) is -0.00474. The van der Waals surface area contributed by atoms with E-state index in [1.54, 1.807) is 26.2 Å². The van der Waals surface area contributed by atoms with Crippen LogP contribution in [-0.4, -0.2) is 40.4 Å². The molecular weight excluding hydrogens is 332 g/mol. The van der Waals surface area contributed by atoms with E-state index in [9.17, 15) is 9.59 Å². The number of hydrogen-bond acceptors (Lipinski definition) is 5. The number of rotatable bonds is 6. The molecule has 128 valence electrons. The molecule has 0 spiro atoms. The van der Waals surface area contributed by atoms with Crippen LogP contribution in [0.3, 0.4) is 0 Å². The highest BCUT2D eigenvalue weighted by atomic mass is 35.5. The van der Waals surface area contributed by atoms with Crippen LogP contribution in [0.25, 0.3) is 0 Å². The Bertz CT molecular complexity index is 725. The number of anilines is 1. The van der Waals surface area contributed by atoms with Gasteiger partial charge in [0.25, 0.3) is 0 Å². The fourth-order valence-corrected chi connectivity index (χ4v) is 2.42. The standard InChI is InChI=1S/C16H19ClN4O3/c1-10-6-7-18-13(8-10)19-14(22)9-21(3)15(23)5-4-12-11(2)20-24-16(12)17/h6-8H,4-5,9H2,1-3H3,(H,18,19,22). The lowest BCUT2D eigenvalue weighted by molar-refractivity contribution is -0.133. The van der Waals surface area contributed by atoms with Crippen LogP contribution in [0.4, 0.5) is 5.82 Å². The Kier molecular flexibility index (Phi) is 5.92. The predicted octanol–water partition coefficient (Wildman–Crippen LogP) is 2.37. The lowest BCUT2D eigenvalue weighted by Crippen LogP contribution is -2.35. The second kappa shape index (κ2) is 7.92. The first kappa shape index (κ1) is 17.9. The highest BCUT2D eigenvalue weighted by Gasteiger charge is 2.17. The molecule has 0 atom stereocenters. The SMILES string of the molecule is Cc1ccnc(NC(=O)CN(C)C(=O)CCc2c(C)noc2Cl)c1. The first-order chi connectivity index (χ1) is 11.4. The van der Waals surface area contributed by atoms with Crippen molar-refractivity contribution in [1.29, 1.82) is 0 Å². The van der Waals surface area contributed by atoms with Crippen LogP contribution in [-0.2, 0) is 16.0 Å². The average Bonchev–Trinajstić information content (AvgIpc) is 2.83. The van der Waals surface area contributed by atoms with E-state index >= 15 is 0 Å². The van der Waals surface area contributed by atoms with E-state index in [0.717, 1.165) is 5.56 Å². The topological polar surface area (TPSA) is 88.3 Å². The van der Waals surface area contributed by atoms with E-state index in [0.29, 0.717) is 23.5 Å². The Balaban J connectivity index is 1.83. The predicted molar refractivity (Wildman–Crippen MR) is 89.8 cm³/mol. The van der Waals surface area contributed by atoms with Gasteiger partial charge in [-0.3, -0.25) is 9.59 Å². The minimum atomic E-state index is -0.303. The number of carbonyl (C=O) groups excluding carboxylic acids is 2. The third kappa shape index (κ3) is 4.79. The summed E-state index contributed by atoms with van der Waals surface area (Å²) < 4.78 is 4.85. The van der Waals surface area contributed by atoms with Crippen molar-refractivity contribution in [2.24, 2.45) is 0 Å². The summed E-state index contributed by atoms with van der Waals surface area (Å²) in [6, 6.07) is 3.60. The van der Waals surface area contributed by atoms with Gasteiger partial charge in [0.15, 0.2) is 0 Å². The van der Waals surface area contributed by atoms with Crippen molar-refractivity contribution in [2.75, 3.05) is 18.9 Å². The van der Waals surface area contributed by atoms with Crippen molar-refractivity contribution >= 4 is 29.2 Å². The zero-order chi connectivity index (χ0) is 17.7. The first-order valence-corrected chi connectivity index (χ1v) is 7.81. The number of amides is 2. The van der Waals surface area contributed by atoms with Gasteiger partial charge in [-0.25, -0.2) is 4.98 Å². The summed E-state index contributed by atoms with van der Waals surface area (Å²) in [5.41, 5.74) is 2.37. The van der Waals surface area contributed by atoms with Crippen molar-refractivity contribution in [2.45, 2.75) is 26.7 Å². The average molecular weight is 351 g/mol. The van der Waals surface area contributed by atoms with Gasteiger partial charge in [-0.05, 0) is 49.6 Å². The highest BCUT2D eigenvalue weighted by molar-refractivity contribution is 6.29. The molecule has 2 amide bonds. The summed E-state index contributed by atoms with van der Waals surface area (Å²) in [4.78, 5) is 29.5. The van der Waals surface area contributed by atoms with Gasteiger partial charge in [0, 0.05) is 25.2 Å². The number of aromatic nitrogens is 2. The van der Waals surface area contributed by atoms with Crippen LogP contribution in [0.15, 0.2) is 22.9 Å². The zero-order valence-electron chi connectivity index (χ0n) is 13.8. The second-order valence-corrected chi connectivity index (χ2v) is 5.88. The van der Waals surface area contributed by atoms with Gasteiger partial charge in [0.05, 0.1) is 12.2 Å². The van der Waals surface area contributed by atoms with Gasteiger partial charge in [-0.1, -0.05) is 5.16 Å². The molecule has 2 aromatic rings. The summed E-state index contributed by atoms with van der Waals surface area (Å²) in [7, 11) is 1.58. The van der Waals surface area contributed by atoms with Crippen LogP contribution in [0.1, 0.15) is 23.2 Å².